The Kier molecular flexibility index (Phi) is 6.52. The van der Waals surface area contributed by atoms with Gasteiger partial charge in [-0.15, -0.1) is 0 Å². The number of rotatable bonds is 5. The van der Waals surface area contributed by atoms with E-state index in [1.807, 2.05) is 0 Å². The lowest BCUT2D eigenvalue weighted by Crippen LogP contribution is -2.39. The van der Waals surface area contributed by atoms with Crippen LogP contribution in [0.1, 0.15) is 15.9 Å². The maximum absolute atomic E-state index is 13.5. The number of carbonyl (C=O) groups is 3. The van der Waals surface area contributed by atoms with Crippen molar-refractivity contribution in [3.8, 4) is 11.5 Å². The number of carbonyl (C=O) groups excluding carboxylic acids is 3. The zero-order valence-corrected chi connectivity index (χ0v) is 18.6. The van der Waals surface area contributed by atoms with Crippen molar-refractivity contribution in [2.75, 3.05) is 45.7 Å². The molecule has 0 bridgehead atoms. The SMILES string of the molecule is COC(=O)C1=C(C(=O)OC)N(c2cc3c(cc2C(=O)c2ccc(Cl)cc2)OCCO3)COC1. The molecule has 0 saturated carbocycles. The molecule has 33 heavy (non-hydrogen) atoms. The molecule has 0 amide bonds. The molecule has 0 aliphatic carbocycles. The van der Waals surface area contributed by atoms with Gasteiger partial charge in [-0.2, -0.15) is 0 Å². The van der Waals surface area contributed by atoms with Gasteiger partial charge in [0.2, 0.25) is 0 Å². The summed E-state index contributed by atoms with van der Waals surface area (Å²) in [6, 6.07) is 9.51. The van der Waals surface area contributed by atoms with Gasteiger partial charge in [0, 0.05) is 16.7 Å². The first kappa shape index (κ1) is 22.6. The van der Waals surface area contributed by atoms with Crippen LogP contribution in [0.25, 0.3) is 0 Å². The summed E-state index contributed by atoms with van der Waals surface area (Å²) in [4.78, 5) is 40.0. The number of fused-ring (bicyclic) bond motifs is 1. The molecule has 0 N–H and O–H groups in total. The van der Waals surface area contributed by atoms with Gasteiger partial charge in [0.05, 0.1) is 37.7 Å². The molecule has 10 heteroatoms. The number of ether oxygens (including phenoxy) is 5. The quantitative estimate of drug-likeness (QED) is 0.479. The average molecular weight is 474 g/mol. The molecular formula is C23H20ClNO8. The van der Waals surface area contributed by atoms with Gasteiger partial charge in [0.15, 0.2) is 17.3 Å². The lowest BCUT2D eigenvalue weighted by molar-refractivity contribution is -0.140. The predicted molar refractivity (Wildman–Crippen MR) is 117 cm³/mol. The summed E-state index contributed by atoms with van der Waals surface area (Å²) in [5, 5.41) is 0.483. The Balaban J connectivity index is 1.91. The van der Waals surface area contributed by atoms with Crippen molar-refractivity contribution in [2.45, 2.75) is 0 Å². The molecule has 0 saturated heterocycles. The van der Waals surface area contributed by atoms with E-state index in [1.165, 1.54) is 19.1 Å². The van der Waals surface area contributed by atoms with E-state index in [0.29, 0.717) is 35.3 Å². The smallest absolute Gasteiger partial charge is 0.355 e. The maximum Gasteiger partial charge on any atom is 0.355 e. The lowest BCUT2D eigenvalue weighted by Gasteiger charge is -2.33. The van der Waals surface area contributed by atoms with Gasteiger partial charge in [-0.3, -0.25) is 4.79 Å². The van der Waals surface area contributed by atoms with Crippen LogP contribution < -0.4 is 14.4 Å². The van der Waals surface area contributed by atoms with E-state index in [-0.39, 0.29) is 41.6 Å². The minimum absolute atomic E-state index is 0.0321. The summed E-state index contributed by atoms with van der Waals surface area (Å²) < 4.78 is 26.6. The Labute approximate surface area is 194 Å². The Morgan fingerprint density at radius 1 is 0.939 bits per heavy atom. The van der Waals surface area contributed by atoms with Gasteiger partial charge in [0.25, 0.3) is 0 Å². The second kappa shape index (κ2) is 9.51. The van der Waals surface area contributed by atoms with Gasteiger partial charge < -0.3 is 28.6 Å². The highest BCUT2D eigenvalue weighted by atomic mass is 35.5. The highest BCUT2D eigenvalue weighted by Crippen LogP contribution is 2.40. The number of ketones is 1. The molecule has 2 heterocycles. The van der Waals surface area contributed by atoms with E-state index >= 15 is 0 Å². The van der Waals surface area contributed by atoms with Gasteiger partial charge in [-0.05, 0) is 30.3 Å². The fourth-order valence-electron chi connectivity index (χ4n) is 3.57. The Morgan fingerprint density at radius 2 is 1.58 bits per heavy atom. The standard InChI is InChI=1S/C23H20ClNO8/c1-29-22(27)16-11-31-12-25(20(16)23(28)30-2)17-10-19-18(32-7-8-33-19)9-15(17)21(26)13-3-5-14(24)6-4-13/h3-6,9-10H,7-8,11-12H2,1-2H3. The molecule has 0 unspecified atom stereocenters. The number of hydrogen-bond donors (Lipinski definition) is 0. The number of esters is 2. The summed E-state index contributed by atoms with van der Waals surface area (Å²) in [7, 11) is 2.39. The molecule has 2 aromatic rings. The van der Waals surface area contributed by atoms with Crippen molar-refractivity contribution in [2.24, 2.45) is 0 Å². The first-order valence-corrected chi connectivity index (χ1v) is 10.3. The van der Waals surface area contributed by atoms with Crippen LogP contribution in [0.3, 0.4) is 0 Å². The third-order valence-corrected chi connectivity index (χ3v) is 5.39. The number of hydrogen-bond acceptors (Lipinski definition) is 9. The van der Waals surface area contributed by atoms with Crippen LogP contribution in [-0.2, 0) is 23.8 Å². The van der Waals surface area contributed by atoms with Gasteiger partial charge in [-0.1, -0.05) is 11.6 Å². The zero-order chi connectivity index (χ0) is 23.5. The molecule has 0 spiro atoms. The first-order valence-electron chi connectivity index (χ1n) is 9.93. The zero-order valence-electron chi connectivity index (χ0n) is 17.9. The van der Waals surface area contributed by atoms with E-state index in [2.05, 4.69) is 0 Å². The van der Waals surface area contributed by atoms with Crippen LogP contribution >= 0.6 is 11.6 Å². The summed E-state index contributed by atoms with van der Waals surface area (Å²) in [5.41, 5.74) is 0.734. The normalized spacial score (nSPS) is 15.2. The summed E-state index contributed by atoms with van der Waals surface area (Å²) >= 11 is 5.97. The number of methoxy groups -OCH3 is 2. The number of anilines is 1. The Hall–Kier alpha value is -3.56. The minimum atomic E-state index is -0.779. The van der Waals surface area contributed by atoms with E-state index in [0.717, 1.165) is 0 Å². The van der Waals surface area contributed by atoms with Gasteiger partial charge >= 0.3 is 11.9 Å². The monoisotopic (exact) mass is 473 g/mol. The summed E-state index contributed by atoms with van der Waals surface area (Å²) in [5.74, 6) is -1.11. The second-order valence-electron chi connectivity index (χ2n) is 7.06. The highest BCUT2D eigenvalue weighted by molar-refractivity contribution is 6.30. The number of nitrogens with zero attached hydrogens (tertiary/aromatic N) is 1. The Morgan fingerprint density at radius 3 is 2.21 bits per heavy atom. The van der Waals surface area contributed by atoms with Crippen molar-refractivity contribution in [3.05, 3.63) is 63.8 Å². The first-order chi connectivity index (χ1) is 15.9. The van der Waals surface area contributed by atoms with Crippen LogP contribution in [0.5, 0.6) is 11.5 Å². The largest absolute Gasteiger partial charge is 0.486 e. The lowest BCUT2D eigenvalue weighted by atomic mass is 9.99. The van der Waals surface area contributed by atoms with Crippen LogP contribution in [0.4, 0.5) is 5.69 Å². The number of benzene rings is 2. The molecule has 4 rings (SSSR count). The summed E-state index contributed by atoms with van der Waals surface area (Å²) in [6.45, 7) is 0.373. The third kappa shape index (κ3) is 4.37. The van der Waals surface area contributed by atoms with Crippen molar-refractivity contribution >= 4 is 35.0 Å². The topological polar surface area (TPSA) is 101 Å². The van der Waals surface area contributed by atoms with Crippen LogP contribution in [0.2, 0.25) is 5.02 Å². The molecular weight excluding hydrogens is 454 g/mol. The van der Waals surface area contributed by atoms with Crippen LogP contribution in [0.15, 0.2) is 47.7 Å². The molecule has 0 radical (unpaired) electrons. The summed E-state index contributed by atoms with van der Waals surface area (Å²) in [6.07, 6.45) is 0. The van der Waals surface area contributed by atoms with E-state index in [1.54, 1.807) is 36.4 Å². The van der Waals surface area contributed by atoms with E-state index in [4.69, 9.17) is 35.3 Å². The molecule has 9 nitrogen and oxygen atoms in total. The van der Waals surface area contributed by atoms with Crippen molar-refractivity contribution < 1.29 is 38.1 Å². The Bertz CT molecular complexity index is 1140. The number of halogens is 1. The van der Waals surface area contributed by atoms with Crippen molar-refractivity contribution in [1.82, 2.24) is 0 Å². The molecule has 2 aromatic carbocycles. The highest BCUT2D eigenvalue weighted by Gasteiger charge is 2.35. The molecule has 2 aliphatic heterocycles. The molecule has 2 aliphatic rings. The molecule has 0 fully saturated rings. The fraction of sp³-hybridized carbons (Fsp3) is 0.261. The molecule has 0 atom stereocenters. The fourth-order valence-corrected chi connectivity index (χ4v) is 3.70. The van der Waals surface area contributed by atoms with Gasteiger partial charge in [0.1, 0.15) is 25.6 Å². The minimum Gasteiger partial charge on any atom is -0.486 e. The van der Waals surface area contributed by atoms with Crippen LogP contribution in [-0.4, -0.2) is 58.5 Å². The predicted octanol–water partition coefficient (Wildman–Crippen LogP) is 2.74. The van der Waals surface area contributed by atoms with Crippen molar-refractivity contribution in [3.63, 3.8) is 0 Å². The third-order valence-electron chi connectivity index (χ3n) is 5.14. The molecule has 0 aromatic heterocycles. The second-order valence-corrected chi connectivity index (χ2v) is 7.50. The van der Waals surface area contributed by atoms with Gasteiger partial charge in [-0.25, -0.2) is 9.59 Å². The average Bonchev–Trinajstić information content (AvgIpc) is 2.86. The van der Waals surface area contributed by atoms with Crippen molar-refractivity contribution in [1.29, 1.82) is 0 Å². The maximum atomic E-state index is 13.5. The van der Waals surface area contributed by atoms with Crippen LogP contribution in [0, 0.1) is 0 Å². The van der Waals surface area contributed by atoms with E-state index in [9.17, 15) is 14.4 Å². The molecule has 172 valence electrons. The van der Waals surface area contributed by atoms with E-state index < -0.39 is 11.9 Å².